The number of halogens is 1. The van der Waals surface area contributed by atoms with Crippen molar-refractivity contribution in [2.45, 2.75) is 26.8 Å². The number of nitrogens with zero attached hydrogens (tertiary/aromatic N) is 1. The summed E-state index contributed by atoms with van der Waals surface area (Å²) in [5.74, 6) is 2.29. The van der Waals surface area contributed by atoms with E-state index in [-0.39, 0.29) is 24.0 Å². The summed E-state index contributed by atoms with van der Waals surface area (Å²) < 4.78 is 5.54. The van der Waals surface area contributed by atoms with Gasteiger partial charge in [0.05, 0.1) is 6.61 Å². The third-order valence-corrected chi connectivity index (χ3v) is 4.54. The molecular weight excluding hydrogens is 445 g/mol. The fourth-order valence-corrected chi connectivity index (χ4v) is 3.30. The number of nitrogens with one attached hydrogen (secondary N) is 2. The average molecular weight is 473 g/mol. The Morgan fingerprint density at radius 2 is 2.08 bits per heavy atom. The van der Waals surface area contributed by atoms with E-state index in [0.29, 0.717) is 12.5 Å². The molecule has 0 saturated carbocycles. The first-order valence-corrected chi connectivity index (χ1v) is 9.27. The Morgan fingerprint density at radius 3 is 2.76 bits per heavy atom. The van der Waals surface area contributed by atoms with Crippen LogP contribution in [0.25, 0.3) is 0 Å². The molecular formula is C19H28IN3OS. The highest BCUT2D eigenvalue weighted by Crippen LogP contribution is 2.14. The summed E-state index contributed by atoms with van der Waals surface area (Å²) in [7, 11) is 1.80. The highest BCUT2D eigenvalue weighted by Gasteiger charge is 2.06. The average Bonchev–Trinajstić information content (AvgIpc) is 3.08. The van der Waals surface area contributed by atoms with Crippen LogP contribution in [-0.4, -0.2) is 26.2 Å². The summed E-state index contributed by atoms with van der Waals surface area (Å²) >= 11 is 1.82. The zero-order valence-corrected chi connectivity index (χ0v) is 18.3. The predicted octanol–water partition coefficient (Wildman–Crippen LogP) is 4.31. The number of hydrogen-bond acceptors (Lipinski definition) is 3. The van der Waals surface area contributed by atoms with Crippen molar-refractivity contribution in [3.05, 3.63) is 52.2 Å². The maximum Gasteiger partial charge on any atom is 0.191 e. The van der Waals surface area contributed by atoms with E-state index in [2.05, 4.69) is 52.2 Å². The quantitative estimate of drug-likeness (QED) is 0.341. The normalized spacial score (nSPS) is 12.2. The molecule has 1 heterocycles. The molecule has 2 rings (SSSR count). The molecule has 0 radical (unpaired) electrons. The Labute approximate surface area is 172 Å². The van der Waals surface area contributed by atoms with Gasteiger partial charge >= 0.3 is 0 Å². The van der Waals surface area contributed by atoms with Gasteiger partial charge in [-0.1, -0.05) is 25.1 Å². The van der Waals surface area contributed by atoms with Crippen molar-refractivity contribution in [1.82, 2.24) is 10.6 Å². The molecule has 0 aliphatic rings. The lowest BCUT2D eigenvalue weighted by atomic mass is 10.1. The number of guanidine groups is 1. The van der Waals surface area contributed by atoms with Gasteiger partial charge in [-0.05, 0) is 48.4 Å². The van der Waals surface area contributed by atoms with Crippen LogP contribution in [0.5, 0.6) is 5.75 Å². The number of hydrogen-bond donors (Lipinski definition) is 2. The highest BCUT2D eigenvalue weighted by molar-refractivity contribution is 14.0. The molecule has 138 valence electrons. The first-order chi connectivity index (χ1) is 11.7. The SMILES string of the molecule is CCOc1cccc(CNC(=NC)NCC(C)Cc2cccs2)c1.I. The lowest BCUT2D eigenvalue weighted by molar-refractivity contribution is 0.340. The van der Waals surface area contributed by atoms with Crippen molar-refractivity contribution >= 4 is 41.3 Å². The fourth-order valence-electron chi connectivity index (χ4n) is 2.43. The van der Waals surface area contributed by atoms with Crippen molar-refractivity contribution in [3.8, 4) is 5.75 Å². The van der Waals surface area contributed by atoms with E-state index in [1.54, 1.807) is 7.05 Å². The van der Waals surface area contributed by atoms with Gasteiger partial charge < -0.3 is 15.4 Å². The van der Waals surface area contributed by atoms with Crippen LogP contribution >= 0.6 is 35.3 Å². The van der Waals surface area contributed by atoms with E-state index in [0.717, 1.165) is 31.2 Å². The van der Waals surface area contributed by atoms with Crippen molar-refractivity contribution in [1.29, 1.82) is 0 Å². The van der Waals surface area contributed by atoms with Gasteiger partial charge in [0.15, 0.2) is 5.96 Å². The topological polar surface area (TPSA) is 45.6 Å². The standard InChI is InChI=1S/C19H27N3OS.HI/c1-4-23-17-8-5-7-16(12-17)14-22-19(20-3)21-13-15(2)11-18-9-6-10-24-18;/h5-10,12,15H,4,11,13-14H2,1-3H3,(H2,20,21,22);1H. The van der Waals surface area contributed by atoms with E-state index in [4.69, 9.17) is 4.74 Å². The summed E-state index contributed by atoms with van der Waals surface area (Å²) in [6, 6.07) is 12.4. The molecule has 1 atom stereocenters. The summed E-state index contributed by atoms with van der Waals surface area (Å²) in [6.45, 7) is 6.55. The molecule has 25 heavy (non-hydrogen) atoms. The molecule has 1 aromatic heterocycles. The van der Waals surface area contributed by atoms with Gasteiger partial charge in [0, 0.05) is 25.0 Å². The van der Waals surface area contributed by atoms with Gasteiger partial charge in [0.1, 0.15) is 5.75 Å². The smallest absolute Gasteiger partial charge is 0.191 e. The van der Waals surface area contributed by atoms with Crippen LogP contribution in [-0.2, 0) is 13.0 Å². The van der Waals surface area contributed by atoms with Crippen LogP contribution < -0.4 is 15.4 Å². The molecule has 0 bridgehead atoms. The van der Waals surface area contributed by atoms with Crippen molar-refractivity contribution in [2.75, 3.05) is 20.2 Å². The highest BCUT2D eigenvalue weighted by atomic mass is 127. The van der Waals surface area contributed by atoms with Crippen molar-refractivity contribution in [2.24, 2.45) is 10.9 Å². The summed E-state index contributed by atoms with van der Waals surface area (Å²) in [6.07, 6.45) is 1.10. The van der Waals surface area contributed by atoms with Crippen molar-refractivity contribution < 1.29 is 4.74 Å². The molecule has 0 aliphatic heterocycles. The third kappa shape index (κ3) is 8.09. The number of thiophene rings is 1. The monoisotopic (exact) mass is 473 g/mol. The van der Waals surface area contributed by atoms with Crippen molar-refractivity contribution in [3.63, 3.8) is 0 Å². The molecule has 0 spiro atoms. The minimum atomic E-state index is 0. The van der Waals surface area contributed by atoms with Gasteiger partial charge in [-0.25, -0.2) is 0 Å². The Kier molecular flexibility index (Phi) is 10.6. The maximum absolute atomic E-state index is 5.54. The van der Waals surface area contributed by atoms with Gasteiger partial charge in [0.2, 0.25) is 0 Å². The molecule has 2 N–H and O–H groups in total. The molecule has 1 unspecified atom stereocenters. The molecule has 4 nitrogen and oxygen atoms in total. The second-order valence-electron chi connectivity index (χ2n) is 5.78. The largest absolute Gasteiger partial charge is 0.494 e. The van der Waals surface area contributed by atoms with Crippen LogP contribution in [0.3, 0.4) is 0 Å². The molecule has 2 aromatic rings. The van der Waals surface area contributed by atoms with Crippen LogP contribution in [0.1, 0.15) is 24.3 Å². The van der Waals surface area contributed by atoms with Crippen LogP contribution in [0.4, 0.5) is 0 Å². The first-order valence-electron chi connectivity index (χ1n) is 8.40. The number of aliphatic imine (C=N–C) groups is 1. The molecule has 0 aliphatic carbocycles. The Bertz CT molecular complexity index is 631. The summed E-state index contributed by atoms with van der Waals surface area (Å²) in [5.41, 5.74) is 1.18. The second-order valence-corrected chi connectivity index (χ2v) is 6.81. The van der Waals surface area contributed by atoms with E-state index >= 15 is 0 Å². The maximum atomic E-state index is 5.54. The van der Waals surface area contributed by atoms with Crippen LogP contribution in [0, 0.1) is 5.92 Å². The molecule has 0 amide bonds. The number of rotatable bonds is 8. The van der Waals surface area contributed by atoms with Crippen LogP contribution in [0.15, 0.2) is 46.8 Å². The Morgan fingerprint density at radius 1 is 1.24 bits per heavy atom. The van der Waals surface area contributed by atoms with E-state index in [9.17, 15) is 0 Å². The first kappa shape index (κ1) is 21.8. The predicted molar refractivity (Wildman–Crippen MR) is 118 cm³/mol. The van der Waals surface area contributed by atoms with Gasteiger partial charge in [-0.2, -0.15) is 0 Å². The fraction of sp³-hybridized carbons (Fsp3) is 0.421. The summed E-state index contributed by atoms with van der Waals surface area (Å²) in [4.78, 5) is 5.73. The molecule has 1 aromatic carbocycles. The van der Waals surface area contributed by atoms with Gasteiger partial charge in [0.25, 0.3) is 0 Å². The minimum absolute atomic E-state index is 0. The Hall–Kier alpha value is -1.28. The molecule has 0 saturated heterocycles. The number of ether oxygens (including phenoxy) is 1. The lowest BCUT2D eigenvalue weighted by Crippen LogP contribution is -2.39. The lowest BCUT2D eigenvalue weighted by Gasteiger charge is -2.16. The van der Waals surface area contributed by atoms with E-state index in [1.165, 1.54) is 10.4 Å². The van der Waals surface area contributed by atoms with E-state index < -0.39 is 0 Å². The van der Waals surface area contributed by atoms with Gasteiger partial charge in [-0.3, -0.25) is 4.99 Å². The zero-order valence-electron chi connectivity index (χ0n) is 15.1. The summed E-state index contributed by atoms with van der Waals surface area (Å²) in [5, 5.41) is 8.89. The van der Waals surface area contributed by atoms with Crippen LogP contribution in [0.2, 0.25) is 0 Å². The second kappa shape index (κ2) is 12.1. The molecule has 0 fully saturated rings. The minimum Gasteiger partial charge on any atom is -0.494 e. The Balaban J connectivity index is 0.00000312. The van der Waals surface area contributed by atoms with Gasteiger partial charge in [-0.15, -0.1) is 35.3 Å². The van der Waals surface area contributed by atoms with E-state index in [1.807, 2.05) is 30.4 Å². The zero-order chi connectivity index (χ0) is 17.2. The molecule has 6 heteroatoms. The third-order valence-electron chi connectivity index (χ3n) is 3.64. The number of benzene rings is 1.